The summed E-state index contributed by atoms with van der Waals surface area (Å²) in [6, 6.07) is 7.47. The number of nitrogens with zero attached hydrogens (tertiary/aromatic N) is 2. The summed E-state index contributed by atoms with van der Waals surface area (Å²) in [5.41, 5.74) is -0.540. The van der Waals surface area contributed by atoms with E-state index in [0.717, 1.165) is 18.2 Å². The second kappa shape index (κ2) is 5.44. The third-order valence-corrected chi connectivity index (χ3v) is 3.94. The minimum absolute atomic E-state index is 0.00596. The summed E-state index contributed by atoms with van der Waals surface area (Å²) < 4.78 is 39.9. The first-order valence-electron chi connectivity index (χ1n) is 5.70. The summed E-state index contributed by atoms with van der Waals surface area (Å²) >= 11 is 0. The summed E-state index contributed by atoms with van der Waals surface area (Å²) in [6.45, 7) is 1.66. The lowest BCUT2D eigenvalue weighted by atomic mass is 10.3. The molecule has 7 nitrogen and oxygen atoms in total. The molecule has 1 aromatic carbocycles. The van der Waals surface area contributed by atoms with Gasteiger partial charge in [0.15, 0.2) is 4.90 Å². The predicted octanol–water partition coefficient (Wildman–Crippen LogP) is 2.24. The number of nitro groups is 1. The molecule has 0 radical (unpaired) electrons. The summed E-state index contributed by atoms with van der Waals surface area (Å²) in [5, 5.41) is 10.9. The van der Waals surface area contributed by atoms with Gasteiger partial charge in [-0.25, -0.2) is 13.4 Å². The van der Waals surface area contributed by atoms with E-state index in [2.05, 4.69) is 9.71 Å². The number of pyridine rings is 1. The molecule has 0 atom stereocenters. The van der Waals surface area contributed by atoms with Crippen molar-refractivity contribution in [1.82, 2.24) is 4.98 Å². The second-order valence-electron chi connectivity index (χ2n) is 4.11. The zero-order chi connectivity index (χ0) is 15.6. The van der Waals surface area contributed by atoms with Crippen molar-refractivity contribution >= 4 is 21.5 Å². The normalized spacial score (nSPS) is 11.1. The summed E-state index contributed by atoms with van der Waals surface area (Å²) in [5.74, 6) is -1.23. The van der Waals surface area contributed by atoms with E-state index in [0.29, 0.717) is 5.69 Å². The number of halogens is 1. The van der Waals surface area contributed by atoms with Crippen LogP contribution in [0.5, 0.6) is 0 Å². The predicted molar refractivity (Wildman–Crippen MR) is 72.8 cm³/mol. The number of anilines is 1. The molecule has 0 fully saturated rings. The fourth-order valence-electron chi connectivity index (χ4n) is 1.68. The summed E-state index contributed by atoms with van der Waals surface area (Å²) in [7, 11) is -4.32. The van der Waals surface area contributed by atoms with Crippen LogP contribution < -0.4 is 4.72 Å². The SMILES string of the molecule is Cc1cccc(NS(=O)(=O)c2cccc(F)c2[N+](=O)[O-])n1. The van der Waals surface area contributed by atoms with Gasteiger partial charge in [0.2, 0.25) is 5.82 Å². The van der Waals surface area contributed by atoms with E-state index < -0.39 is 31.3 Å². The molecule has 0 unspecified atom stereocenters. The molecule has 0 aliphatic rings. The molecule has 2 rings (SSSR count). The molecule has 0 spiro atoms. The standard InChI is InChI=1S/C12H10FN3O4S/c1-8-4-2-7-11(14-8)15-21(19,20)10-6-3-5-9(13)12(10)16(17)18/h2-7H,1H3,(H,14,15). The van der Waals surface area contributed by atoms with Crippen molar-refractivity contribution in [3.63, 3.8) is 0 Å². The van der Waals surface area contributed by atoms with Crippen molar-refractivity contribution in [2.75, 3.05) is 4.72 Å². The largest absolute Gasteiger partial charge is 0.325 e. The maximum Gasteiger partial charge on any atom is 0.325 e. The lowest BCUT2D eigenvalue weighted by Crippen LogP contribution is -2.16. The average molecular weight is 311 g/mol. The van der Waals surface area contributed by atoms with E-state index in [9.17, 15) is 22.9 Å². The van der Waals surface area contributed by atoms with E-state index in [1.54, 1.807) is 19.1 Å². The van der Waals surface area contributed by atoms with E-state index in [1.165, 1.54) is 6.07 Å². The molecule has 0 bridgehead atoms. The van der Waals surface area contributed by atoms with E-state index in [4.69, 9.17) is 0 Å². The Balaban J connectivity index is 2.50. The minimum Gasteiger partial charge on any atom is -0.263 e. The van der Waals surface area contributed by atoms with Gasteiger partial charge in [-0.05, 0) is 31.2 Å². The highest BCUT2D eigenvalue weighted by Crippen LogP contribution is 2.27. The van der Waals surface area contributed by atoms with Crippen LogP contribution >= 0.6 is 0 Å². The molecule has 0 saturated carbocycles. The molecule has 1 N–H and O–H groups in total. The van der Waals surface area contributed by atoms with Crippen LogP contribution in [0.2, 0.25) is 0 Å². The first-order valence-corrected chi connectivity index (χ1v) is 7.19. The summed E-state index contributed by atoms with van der Waals surface area (Å²) in [6.07, 6.45) is 0. The Morgan fingerprint density at radius 3 is 2.52 bits per heavy atom. The molecule has 0 amide bonds. The van der Waals surface area contributed by atoms with Gasteiger partial charge >= 0.3 is 5.69 Å². The Morgan fingerprint density at radius 1 is 1.24 bits per heavy atom. The zero-order valence-corrected chi connectivity index (χ0v) is 11.6. The fraction of sp³-hybridized carbons (Fsp3) is 0.0833. The number of sulfonamides is 1. The van der Waals surface area contributed by atoms with E-state index in [-0.39, 0.29) is 5.82 Å². The first kappa shape index (κ1) is 14.9. The van der Waals surface area contributed by atoms with Crippen LogP contribution in [-0.4, -0.2) is 18.3 Å². The van der Waals surface area contributed by atoms with Crippen molar-refractivity contribution in [2.45, 2.75) is 11.8 Å². The van der Waals surface area contributed by atoms with Crippen molar-refractivity contribution in [2.24, 2.45) is 0 Å². The Hall–Kier alpha value is -2.55. The lowest BCUT2D eigenvalue weighted by molar-refractivity contribution is -0.390. The van der Waals surface area contributed by atoms with E-state index >= 15 is 0 Å². The first-order chi connectivity index (χ1) is 9.81. The molecule has 2 aromatic rings. The fourth-order valence-corrected chi connectivity index (χ4v) is 2.87. The van der Waals surface area contributed by atoms with Crippen molar-refractivity contribution in [3.05, 3.63) is 58.0 Å². The average Bonchev–Trinajstić information content (AvgIpc) is 2.37. The topological polar surface area (TPSA) is 102 Å². The van der Waals surface area contributed by atoms with Gasteiger partial charge in [-0.1, -0.05) is 12.1 Å². The molecular formula is C12H10FN3O4S. The van der Waals surface area contributed by atoms with Gasteiger partial charge in [-0.15, -0.1) is 0 Å². The van der Waals surface area contributed by atoms with Crippen LogP contribution in [0.25, 0.3) is 0 Å². The van der Waals surface area contributed by atoms with Crippen molar-refractivity contribution in [1.29, 1.82) is 0 Å². The number of nitrogens with one attached hydrogen (secondary N) is 1. The zero-order valence-electron chi connectivity index (χ0n) is 10.8. The Bertz CT molecular complexity index is 808. The maximum absolute atomic E-state index is 13.5. The van der Waals surface area contributed by atoms with Crippen molar-refractivity contribution in [3.8, 4) is 0 Å². The van der Waals surface area contributed by atoms with Gasteiger partial charge in [-0.2, -0.15) is 4.39 Å². The van der Waals surface area contributed by atoms with Crippen molar-refractivity contribution < 1.29 is 17.7 Å². The quantitative estimate of drug-likeness (QED) is 0.689. The lowest BCUT2D eigenvalue weighted by Gasteiger charge is -2.08. The number of aryl methyl sites for hydroxylation is 1. The molecule has 0 aliphatic heterocycles. The van der Waals surface area contributed by atoms with Gasteiger partial charge < -0.3 is 0 Å². The van der Waals surface area contributed by atoms with Gasteiger partial charge in [0.1, 0.15) is 5.82 Å². The number of benzene rings is 1. The molecular weight excluding hydrogens is 301 g/mol. The minimum atomic E-state index is -4.32. The molecule has 110 valence electrons. The highest BCUT2D eigenvalue weighted by Gasteiger charge is 2.29. The number of hydrogen-bond acceptors (Lipinski definition) is 5. The second-order valence-corrected chi connectivity index (χ2v) is 5.76. The van der Waals surface area contributed by atoms with Crippen LogP contribution in [-0.2, 0) is 10.0 Å². The van der Waals surface area contributed by atoms with Crippen LogP contribution in [0, 0.1) is 22.9 Å². The molecule has 21 heavy (non-hydrogen) atoms. The summed E-state index contributed by atoms with van der Waals surface area (Å²) in [4.78, 5) is 13.0. The molecule has 0 saturated heterocycles. The Morgan fingerprint density at radius 2 is 1.90 bits per heavy atom. The van der Waals surface area contributed by atoms with Gasteiger partial charge in [0, 0.05) is 5.69 Å². The Kier molecular flexibility index (Phi) is 3.85. The maximum atomic E-state index is 13.5. The number of rotatable bonds is 4. The third kappa shape index (κ3) is 3.14. The van der Waals surface area contributed by atoms with Gasteiger partial charge in [-0.3, -0.25) is 14.8 Å². The van der Waals surface area contributed by atoms with Crippen LogP contribution in [0.1, 0.15) is 5.69 Å². The smallest absolute Gasteiger partial charge is 0.263 e. The van der Waals surface area contributed by atoms with E-state index in [1.807, 2.05) is 0 Å². The molecule has 1 aromatic heterocycles. The Labute approximate surface area is 119 Å². The van der Waals surface area contributed by atoms with Gasteiger partial charge in [0.25, 0.3) is 10.0 Å². The number of para-hydroxylation sites is 1. The number of hydrogen-bond donors (Lipinski definition) is 1. The van der Waals surface area contributed by atoms with Crippen LogP contribution in [0.15, 0.2) is 41.3 Å². The van der Waals surface area contributed by atoms with Crippen LogP contribution in [0.3, 0.4) is 0 Å². The highest BCUT2D eigenvalue weighted by atomic mass is 32.2. The monoisotopic (exact) mass is 311 g/mol. The third-order valence-electron chi connectivity index (χ3n) is 2.55. The van der Waals surface area contributed by atoms with Crippen LogP contribution in [0.4, 0.5) is 15.9 Å². The highest BCUT2D eigenvalue weighted by molar-refractivity contribution is 7.92. The molecule has 0 aliphatic carbocycles. The molecule has 1 heterocycles. The number of nitro benzene ring substituents is 1. The number of aromatic nitrogens is 1. The molecule has 9 heteroatoms. The van der Waals surface area contributed by atoms with Gasteiger partial charge in [0.05, 0.1) is 4.92 Å².